The smallest absolute Gasteiger partial charge is 0.407 e. The number of ether oxygens (including phenoxy) is 1. The van der Waals surface area contributed by atoms with Crippen LogP contribution in [0.2, 0.25) is 5.02 Å². The molecule has 188 valence electrons. The summed E-state index contributed by atoms with van der Waals surface area (Å²) in [5.74, 6) is -0.224. The lowest BCUT2D eigenvalue weighted by Gasteiger charge is -2.14. The van der Waals surface area contributed by atoms with Gasteiger partial charge < -0.3 is 20.1 Å². The quantitative estimate of drug-likeness (QED) is 0.383. The first kappa shape index (κ1) is 26.4. The average Bonchev–Trinajstić information content (AvgIpc) is 3.25. The lowest BCUT2D eigenvalue weighted by atomic mass is 10.0. The molecule has 3 aromatic rings. The fraction of sp³-hybridized carbons (Fsp3) is 0.364. The number of alkyl carbamates (subject to hydrolysis) is 1. The van der Waals surface area contributed by atoms with Crippen molar-refractivity contribution in [3.63, 3.8) is 0 Å². The van der Waals surface area contributed by atoms with Crippen LogP contribution in [0.4, 0.5) is 20.8 Å². The van der Waals surface area contributed by atoms with E-state index < -0.39 is 22.9 Å². The number of hydrogen-bond donors (Lipinski definition) is 3. The summed E-state index contributed by atoms with van der Waals surface area (Å²) in [6.45, 7) is 6.09. The maximum absolute atomic E-state index is 14.5. The zero-order valence-electron chi connectivity index (χ0n) is 19.9. The van der Waals surface area contributed by atoms with Gasteiger partial charge in [0.15, 0.2) is 0 Å². The summed E-state index contributed by atoms with van der Waals surface area (Å²) in [5, 5.41) is 10.6. The van der Waals surface area contributed by atoms with E-state index in [9.17, 15) is 13.4 Å². The van der Waals surface area contributed by atoms with Crippen LogP contribution < -0.4 is 15.4 Å². The summed E-state index contributed by atoms with van der Waals surface area (Å²) in [4.78, 5) is 20.2. The Kier molecular flexibility index (Phi) is 8.62. The summed E-state index contributed by atoms with van der Waals surface area (Å²) in [5.41, 5.74) is 2.09. The second kappa shape index (κ2) is 11.5. The molecule has 0 saturated heterocycles. The van der Waals surface area contributed by atoms with Gasteiger partial charge in [-0.3, -0.25) is 4.68 Å². The average molecular weight is 524 g/mol. The molecule has 1 unspecified atom stereocenters. The lowest BCUT2D eigenvalue weighted by molar-refractivity contribution is 0.168. The van der Waals surface area contributed by atoms with Crippen LogP contribution in [-0.4, -0.2) is 56.0 Å². The number of rotatable bonds is 9. The molecular formula is C22H27ClFN7O3S. The van der Waals surface area contributed by atoms with E-state index in [1.807, 2.05) is 13.8 Å². The Morgan fingerprint density at radius 2 is 2.03 bits per heavy atom. The zero-order chi connectivity index (χ0) is 25.7. The van der Waals surface area contributed by atoms with Gasteiger partial charge in [-0.1, -0.05) is 11.6 Å². The topological polar surface area (TPSA) is 123 Å². The van der Waals surface area contributed by atoms with Crippen molar-refractivity contribution < 1.29 is 18.1 Å². The number of aromatic nitrogens is 4. The number of carbonyl (C=O) groups is 1. The van der Waals surface area contributed by atoms with Crippen LogP contribution in [0.25, 0.3) is 22.5 Å². The first-order chi connectivity index (χ1) is 16.6. The van der Waals surface area contributed by atoms with Crippen LogP contribution in [0.15, 0.2) is 30.6 Å². The molecule has 35 heavy (non-hydrogen) atoms. The van der Waals surface area contributed by atoms with Crippen molar-refractivity contribution >= 4 is 40.3 Å². The predicted octanol–water partition coefficient (Wildman–Crippen LogP) is 4.24. The van der Waals surface area contributed by atoms with Gasteiger partial charge in [0.05, 0.1) is 23.5 Å². The second-order valence-corrected chi connectivity index (χ2v) is 9.51. The maximum Gasteiger partial charge on any atom is 0.407 e. The van der Waals surface area contributed by atoms with Crippen molar-refractivity contribution in [1.29, 1.82) is 0 Å². The number of hydrogen-bond acceptors (Lipinski definition) is 7. The van der Waals surface area contributed by atoms with Crippen molar-refractivity contribution in [2.75, 3.05) is 29.9 Å². The molecule has 3 rings (SSSR count). The van der Waals surface area contributed by atoms with E-state index in [1.165, 1.54) is 25.5 Å². The van der Waals surface area contributed by atoms with E-state index in [4.69, 9.17) is 11.6 Å². The first-order valence-electron chi connectivity index (χ1n) is 10.7. The Balaban J connectivity index is 2.01. The number of anilines is 2. The first-order valence-corrected chi connectivity index (χ1v) is 12.6. The second-order valence-electron chi connectivity index (χ2n) is 8.02. The van der Waals surface area contributed by atoms with Gasteiger partial charge in [0, 0.05) is 48.4 Å². The molecule has 13 heteroatoms. The van der Waals surface area contributed by atoms with Crippen LogP contribution >= 0.6 is 11.6 Å². The van der Waals surface area contributed by atoms with E-state index in [-0.39, 0.29) is 22.8 Å². The molecule has 1 aromatic carbocycles. The van der Waals surface area contributed by atoms with Gasteiger partial charge >= 0.3 is 6.09 Å². The number of nitrogens with one attached hydrogen (secondary N) is 3. The molecule has 3 N–H and O–H groups in total. The normalized spacial score (nSPS) is 12.8. The third kappa shape index (κ3) is 6.67. The third-order valence-electron chi connectivity index (χ3n) is 4.85. The van der Waals surface area contributed by atoms with E-state index in [2.05, 4.69) is 35.2 Å². The Morgan fingerprint density at radius 1 is 1.29 bits per heavy atom. The highest BCUT2D eigenvalue weighted by Crippen LogP contribution is 2.39. The molecule has 0 bridgehead atoms. The number of halogens is 2. The van der Waals surface area contributed by atoms with E-state index in [0.29, 0.717) is 35.0 Å². The summed E-state index contributed by atoms with van der Waals surface area (Å²) < 4.78 is 35.2. The minimum Gasteiger partial charge on any atom is -0.453 e. The molecule has 2 aromatic heterocycles. The number of nitrogens with zero attached hydrogens (tertiary/aromatic N) is 4. The van der Waals surface area contributed by atoms with Crippen LogP contribution in [0.1, 0.15) is 26.8 Å². The molecule has 1 amide bonds. The Labute approximate surface area is 210 Å². The number of carbonyl (C=O) groups excluding carboxylic acids is 1. The van der Waals surface area contributed by atoms with Gasteiger partial charge in [0.25, 0.3) is 0 Å². The highest BCUT2D eigenvalue weighted by molar-refractivity contribution is 7.85. The van der Waals surface area contributed by atoms with Crippen LogP contribution in [0.3, 0.4) is 0 Å². The van der Waals surface area contributed by atoms with Gasteiger partial charge in [-0.05, 0) is 39.0 Å². The number of methoxy groups -OCH3 is 1. The van der Waals surface area contributed by atoms with Crippen LogP contribution in [0, 0.1) is 5.82 Å². The molecule has 0 aliphatic rings. The molecule has 0 aliphatic heterocycles. The van der Waals surface area contributed by atoms with Crippen molar-refractivity contribution in [1.82, 2.24) is 25.1 Å². The van der Waals surface area contributed by atoms with Crippen LogP contribution in [-0.2, 0) is 15.7 Å². The molecular weight excluding hydrogens is 497 g/mol. The Bertz CT molecular complexity index is 1240. The number of benzene rings is 1. The molecule has 0 saturated carbocycles. The van der Waals surface area contributed by atoms with Gasteiger partial charge in [0.1, 0.15) is 22.5 Å². The Hall–Kier alpha value is -3.25. The fourth-order valence-electron chi connectivity index (χ4n) is 3.18. The van der Waals surface area contributed by atoms with E-state index in [0.717, 1.165) is 0 Å². The molecule has 0 spiro atoms. The largest absolute Gasteiger partial charge is 0.453 e. The van der Waals surface area contributed by atoms with Crippen LogP contribution in [0.5, 0.6) is 0 Å². The maximum atomic E-state index is 14.5. The molecule has 2 atom stereocenters. The summed E-state index contributed by atoms with van der Waals surface area (Å²) in [7, 11) is -0.153. The molecule has 10 nitrogen and oxygen atoms in total. The van der Waals surface area contributed by atoms with Gasteiger partial charge in [-0.25, -0.2) is 23.4 Å². The monoisotopic (exact) mass is 523 g/mol. The van der Waals surface area contributed by atoms with Crippen molar-refractivity contribution in [2.45, 2.75) is 32.9 Å². The predicted molar refractivity (Wildman–Crippen MR) is 135 cm³/mol. The molecule has 0 radical (unpaired) electrons. The van der Waals surface area contributed by atoms with Gasteiger partial charge in [0.2, 0.25) is 5.95 Å². The summed E-state index contributed by atoms with van der Waals surface area (Å²) in [6, 6.07) is 3.95. The SMILES string of the molecule is COC(=O)N[C@@H](C)CNc1nccc(-c2cn(C(C)C)nc2-c2cc(F)cc(NS(C)=O)c2Cl)n1. The van der Waals surface area contributed by atoms with Gasteiger partial charge in [-0.2, -0.15) is 5.10 Å². The van der Waals surface area contributed by atoms with Crippen molar-refractivity contribution in [3.8, 4) is 22.5 Å². The molecule has 0 aliphatic carbocycles. The summed E-state index contributed by atoms with van der Waals surface area (Å²) in [6.07, 6.45) is 4.28. The highest BCUT2D eigenvalue weighted by atomic mass is 35.5. The Morgan fingerprint density at radius 3 is 2.69 bits per heavy atom. The van der Waals surface area contributed by atoms with Crippen molar-refractivity contribution in [3.05, 3.63) is 41.4 Å². The lowest BCUT2D eigenvalue weighted by Crippen LogP contribution is -2.37. The number of amides is 1. The van der Waals surface area contributed by atoms with Crippen molar-refractivity contribution in [2.24, 2.45) is 0 Å². The standard InChI is InChI=1S/C22H27ClFN7O3S/c1-12(2)31-11-16(17-6-7-25-21(28-17)26-10-13(3)27-22(32)34-4)20(29-31)15-8-14(24)9-18(19(15)23)30-35(5)33/h6-9,11-13,30H,10H2,1-5H3,(H,27,32)(H,25,26,28)/t13-,35?/m0/s1. The highest BCUT2D eigenvalue weighted by Gasteiger charge is 2.21. The molecule has 0 fully saturated rings. The third-order valence-corrected chi connectivity index (χ3v) is 5.77. The minimum absolute atomic E-state index is 0.0141. The summed E-state index contributed by atoms with van der Waals surface area (Å²) >= 11 is 6.57. The molecule has 2 heterocycles. The fourth-order valence-corrected chi connectivity index (χ4v) is 3.96. The zero-order valence-corrected chi connectivity index (χ0v) is 21.5. The van der Waals surface area contributed by atoms with E-state index in [1.54, 1.807) is 30.1 Å². The van der Waals surface area contributed by atoms with Gasteiger partial charge in [-0.15, -0.1) is 0 Å². The minimum atomic E-state index is -1.45. The van der Waals surface area contributed by atoms with E-state index >= 15 is 0 Å².